The van der Waals surface area contributed by atoms with E-state index in [-0.39, 0.29) is 19.6 Å². The van der Waals surface area contributed by atoms with Crippen LogP contribution in [0, 0.1) is 0 Å². The Morgan fingerprint density at radius 1 is 0.704 bits per heavy atom. The topological polar surface area (TPSA) is 178 Å². The molecular weight excluding hydrogens is 717 g/mol. The minimum absolute atomic E-state index is 0.0345. The van der Waals surface area contributed by atoms with Gasteiger partial charge in [0.25, 0.3) is 0 Å². The van der Waals surface area contributed by atoms with E-state index in [4.69, 9.17) is 23.5 Å². The first-order valence-corrected chi connectivity index (χ1v) is 22.5. The lowest BCUT2D eigenvalue weighted by atomic mass is 9.99. The second kappa shape index (κ2) is 33.7. The maximum absolute atomic E-state index is 12.7. The molecular formula is C41H76O12S. The molecule has 0 aliphatic carbocycles. The summed E-state index contributed by atoms with van der Waals surface area (Å²) in [4.78, 5) is 12.7. The van der Waals surface area contributed by atoms with Crippen LogP contribution in [0.4, 0.5) is 0 Å². The van der Waals surface area contributed by atoms with Gasteiger partial charge in [0.1, 0.15) is 30.5 Å². The third kappa shape index (κ3) is 27.2. The number of esters is 1. The van der Waals surface area contributed by atoms with E-state index < -0.39 is 59.8 Å². The highest BCUT2D eigenvalue weighted by atomic mass is 32.3. The molecule has 4 N–H and O–H groups in total. The molecule has 1 heterocycles. The lowest BCUT2D eigenvalue weighted by Gasteiger charge is -2.41. The highest BCUT2D eigenvalue weighted by molar-refractivity contribution is 7.80. The molecule has 6 unspecified atom stereocenters. The molecule has 1 saturated heterocycles. The van der Waals surface area contributed by atoms with Crippen molar-refractivity contribution in [3.8, 4) is 0 Å². The fourth-order valence-corrected chi connectivity index (χ4v) is 6.86. The van der Waals surface area contributed by atoms with Crippen molar-refractivity contribution in [2.24, 2.45) is 0 Å². The summed E-state index contributed by atoms with van der Waals surface area (Å²) >= 11 is 0. The summed E-state index contributed by atoms with van der Waals surface area (Å²) in [5.74, 6) is -0.406. The molecule has 1 aliphatic rings. The first kappa shape index (κ1) is 50.6. The Morgan fingerprint density at radius 2 is 1.22 bits per heavy atom. The number of ether oxygens (including phenoxy) is 4. The van der Waals surface area contributed by atoms with Crippen molar-refractivity contribution >= 4 is 16.4 Å². The zero-order chi connectivity index (χ0) is 39.7. The van der Waals surface area contributed by atoms with Gasteiger partial charge in [0, 0.05) is 13.0 Å². The van der Waals surface area contributed by atoms with E-state index in [1.165, 1.54) is 89.9 Å². The van der Waals surface area contributed by atoms with Crippen molar-refractivity contribution in [3.05, 3.63) is 24.3 Å². The normalized spacial score (nSPS) is 21.3. The Morgan fingerprint density at radius 3 is 1.78 bits per heavy atom. The molecule has 13 heteroatoms. The van der Waals surface area contributed by atoms with Crippen LogP contribution in [0.25, 0.3) is 0 Å². The smallest absolute Gasteiger partial charge is 0.397 e. The zero-order valence-corrected chi connectivity index (χ0v) is 34.4. The minimum atomic E-state index is -5.05. The number of rotatable bonds is 36. The Kier molecular flexibility index (Phi) is 31.6. The SMILES string of the molecule is CCCCCC/C=C\C/C=C\CCCCCCCCCCOCC(COC1OC(CO)C(O)C(OS(=O)(=O)O)C1O)OC(=O)CCCCCCCCCC. The Labute approximate surface area is 327 Å². The van der Waals surface area contributed by atoms with E-state index in [2.05, 4.69) is 42.3 Å². The average Bonchev–Trinajstić information content (AvgIpc) is 3.14. The summed E-state index contributed by atoms with van der Waals surface area (Å²) in [6, 6.07) is 0. The molecule has 1 aliphatic heterocycles. The van der Waals surface area contributed by atoms with E-state index >= 15 is 0 Å². The van der Waals surface area contributed by atoms with Gasteiger partial charge in [-0.1, -0.05) is 141 Å². The van der Waals surface area contributed by atoms with Gasteiger partial charge in [-0.25, -0.2) is 4.18 Å². The summed E-state index contributed by atoms with van der Waals surface area (Å²) in [5.41, 5.74) is 0. The van der Waals surface area contributed by atoms with Crippen LogP contribution in [-0.4, -0.2) is 97.5 Å². The molecule has 1 fully saturated rings. The third-order valence-electron chi connectivity index (χ3n) is 9.58. The van der Waals surface area contributed by atoms with Gasteiger partial charge < -0.3 is 34.3 Å². The molecule has 1 rings (SSSR count). The largest absolute Gasteiger partial charge is 0.457 e. The van der Waals surface area contributed by atoms with Gasteiger partial charge in [-0.05, 0) is 44.9 Å². The minimum Gasteiger partial charge on any atom is -0.457 e. The van der Waals surface area contributed by atoms with Crippen molar-refractivity contribution in [3.63, 3.8) is 0 Å². The molecule has 0 bridgehead atoms. The molecule has 54 heavy (non-hydrogen) atoms. The average molecular weight is 793 g/mol. The quantitative estimate of drug-likeness (QED) is 0.0208. The first-order chi connectivity index (χ1) is 26.1. The van der Waals surface area contributed by atoms with Gasteiger partial charge in [0.2, 0.25) is 0 Å². The Bertz CT molecular complexity index is 1050. The predicted molar refractivity (Wildman–Crippen MR) is 211 cm³/mol. The van der Waals surface area contributed by atoms with Crippen LogP contribution in [-0.2, 0) is 38.3 Å². The van der Waals surface area contributed by atoms with Crippen LogP contribution in [0.1, 0.15) is 168 Å². The van der Waals surface area contributed by atoms with Crippen molar-refractivity contribution in [1.29, 1.82) is 0 Å². The molecule has 0 spiro atoms. The van der Waals surface area contributed by atoms with Crippen molar-refractivity contribution in [2.45, 2.75) is 205 Å². The predicted octanol–water partition coefficient (Wildman–Crippen LogP) is 8.07. The fourth-order valence-electron chi connectivity index (χ4n) is 6.35. The lowest BCUT2D eigenvalue weighted by Crippen LogP contribution is -2.60. The van der Waals surface area contributed by atoms with Crippen LogP contribution in [0.3, 0.4) is 0 Å². The number of carbonyl (C=O) groups is 1. The molecule has 0 amide bonds. The Balaban J connectivity index is 2.39. The third-order valence-corrected chi connectivity index (χ3v) is 10.0. The summed E-state index contributed by atoms with van der Waals surface area (Å²) in [5, 5.41) is 30.5. The molecule has 12 nitrogen and oxygen atoms in total. The number of hydrogen-bond acceptors (Lipinski definition) is 11. The van der Waals surface area contributed by atoms with Gasteiger partial charge in [0.15, 0.2) is 6.29 Å². The van der Waals surface area contributed by atoms with Crippen LogP contribution in [0.15, 0.2) is 24.3 Å². The van der Waals surface area contributed by atoms with E-state index in [1.54, 1.807) is 0 Å². The maximum atomic E-state index is 12.7. The molecule has 0 radical (unpaired) electrons. The zero-order valence-electron chi connectivity index (χ0n) is 33.5. The van der Waals surface area contributed by atoms with Crippen molar-refractivity contribution in [1.82, 2.24) is 0 Å². The van der Waals surface area contributed by atoms with Crippen LogP contribution in [0.2, 0.25) is 0 Å². The summed E-state index contributed by atoms with van der Waals surface area (Å²) in [7, 11) is -5.05. The van der Waals surface area contributed by atoms with Crippen molar-refractivity contribution < 1.29 is 56.2 Å². The van der Waals surface area contributed by atoms with Gasteiger partial charge in [0.05, 0.1) is 19.8 Å². The maximum Gasteiger partial charge on any atom is 0.397 e. The molecule has 0 saturated carbocycles. The summed E-state index contributed by atoms with van der Waals surface area (Å²) in [6.07, 6.45) is 26.6. The number of carbonyl (C=O) groups excluding carboxylic acids is 1. The number of allylic oxidation sites excluding steroid dienone is 4. The van der Waals surface area contributed by atoms with Gasteiger partial charge >= 0.3 is 16.4 Å². The molecule has 318 valence electrons. The van der Waals surface area contributed by atoms with Gasteiger partial charge in [-0.2, -0.15) is 8.42 Å². The fraction of sp³-hybridized carbons (Fsp3) is 0.878. The molecule has 0 aromatic carbocycles. The standard InChI is InChI=1S/C41H76O12S/c1-3-5-7-9-11-13-14-15-16-17-18-19-20-21-22-23-25-27-29-31-49-33-35(51-37(43)30-28-26-24-12-10-8-6-4-2)34-50-41-39(45)40(53-54(46,47)48)38(44)36(32-42)52-41/h13-14,16-17,35-36,38-42,44-45H,3-12,15,18-34H2,1-2H3,(H,46,47,48)/b14-13-,17-16-. The number of unbranched alkanes of at least 4 members (excludes halogenated alkanes) is 19. The highest BCUT2D eigenvalue weighted by Gasteiger charge is 2.48. The van der Waals surface area contributed by atoms with Crippen LogP contribution in [0.5, 0.6) is 0 Å². The number of aliphatic hydroxyl groups is 3. The molecule has 0 aromatic rings. The van der Waals surface area contributed by atoms with E-state index in [9.17, 15) is 28.5 Å². The van der Waals surface area contributed by atoms with Crippen LogP contribution < -0.4 is 0 Å². The lowest BCUT2D eigenvalue weighted by molar-refractivity contribution is -0.301. The van der Waals surface area contributed by atoms with E-state index in [1.807, 2.05) is 0 Å². The van der Waals surface area contributed by atoms with Gasteiger partial charge in [-0.3, -0.25) is 9.35 Å². The molecule has 0 aromatic heterocycles. The second-order valence-corrected chi connectivity index (χ2v) is 15.6. The van der Waals surface area contributed by atoms with Crippen molar-refractivity contribution in [2.75, 3.05) is 26.4 Å². The highest BCUT2D eigenvalue weighted by Crippen LogP contribution is 2.26. The van der Waals surface area contributed by atoms with Gasteiger partial charge in [-0.15, -0.1) is 0 Å². The van der Waals surface area contributed by atoms with Crippen LogP contribution >= 0.6 is 0 Å². The number of aliphatic hydroxyl groups excluding tert-OH is 3. The van der Waals surface area contributed by atoms with E-state index in [0.29, 0.717) is 13.0 Å². The monoisotopic (exact) mass is 793 g/mol. The summed E-state index contributed by atoms with van der Waals surface area (Å²) in [6.45, 7) is 3.92. The first-order valence-electron chi connectivity index (χ1n) is 21.1. The summed E-state index contributed by atoms with van der Waals surface area (Å²) < 4.78 is 58.8. The Hall–Kier alpha value is -1.42. The number of hydrogen-bond donors (Lipinski definition) is 4. The van der Waals surface area contributed by atoms with E-state index in [0.717, 1.165) is 51.4 Å². The second-order valence-electron chi connectivity index (χ2n) is 14.6. The molecule has 6 atom stereocenters.